The summed E-state index contributed by atoms with van der Waals surface area (Å²) < 4.78 is 3.37. The van der Waals surface area contributed by atoms with Crippen LogP contribution >= 0.6 is 11.3 Å². The van der Waals surface area contributed by atoms with Crippen LogP contribution in [0.25, 0.3) is 20.5 Å². The van der Waals surface area contributed by atoms with Crippen LogP contribution in [0.5, 0.6) is 0 Å². The van der Waals surface area contributed by atoms with Crippen LogP contribution in [0.2, 0.25) is 0 Å². The normalized spacial score (nSPS) is 25.5. The lowest BCUT2D eigenvalue weighted by Crippen LogP contribution is -2.53. The molecule has 2 aromatic heterocycles. The molecule has 2 saturated heterocycles. The standard InChI is InChI=1S/C25H29N3OS/c1-26-10-8-20(9-11-26)27-14-17-12-19(16-27)22-7-6-21(25(29)28(22)15-17)24-13-18-4-2-3-5-23(18)30-24/h2-7,13,17,19-20H,8-12,14-16H2,1H3/t17-,19-/m1/s1. The van der Waals surface area contributed by atoms with Gasteiger partial charge in [-0.2, -0.15) is 0 Å². The van der Waals surface area contributed by atoms with Crippen LogP contribution in [0.15, 0.2) is 47.3 Å². The third-order valence-corrected chi connectivity index (χ3v) is 8.68. The molecule has 3 aliphatic rings. The predicted octanol–water partition coefficient (Wildman–Crippen LogP) is 4.24. The van der Waals surface area contributed by atoms with Crippen LogP contribution in [-0.4, -0.2) is 53.6 Å². The van der Waals surface area contributed by atoms with Gasteiger partial charge in [0.25, 0.3) is 5.56 Å². The molecule has 1 aromatic carbocycles. The zero-order valence-corrected chi connectivity index (χ0v) is 18.4. The van der Waals surface area contributed by atoms with Gasteiger partial charge in [0.05, 0.1) is 5.56 Å². The lowest BCUT2D eigenvalue weighted by atomic mass is 9.81. The van der Waals surface area contributed by atoms with Crippen molar-refractivity contribution in [3.63, 3.8) is 0 Å². The average Bonchev–Trinajstić information content (AvgIpc) is 3.19. The van der Waals surface area contributed by atoms with Crippen molar-refractivity contribution in [2.24, 2.45) is 5.92 Å². The summed E-state index contributed by atoms with van der Waals surface area (Å²) >= 11 is 1.73. The highest BCUT2D eigenvalue weighted by atomic mass is 32.1. The van der Waals surface area contributed by atoms with E-state index in [0.717, 1.165) is 36.1 Å². The smallest absolute Gasteiger partial charge is 0.259 e. The second-order valence-electron chi connectivity index (χ2n) is 9.52. The Balaban J connectivity index is 1.31. The minimum Gasteiger partial charge on any atom is -0.311 e. The highest BCUT2D eigenvalue weighted by Crippen LogP contribution is 2.38. The van der Waals surface area contributed by atoms with Crippen molar-refractivity contribution in [3.05, 3.63) is 58.5 Å². The number of rotatable bonds is 2. The van der Waals surface area contributed by atoms with Gasteiger partial charge in [0.15, 0.2) is 0 Å². The Morgan fingerprint density at radius 1 is 1.00 bits per heavy atom. The highest BCUT2D eigenvalue weighted by Gasteiger charge is 2.37. The Kier molecular flexibility index (Phi) is 4.59. The second kappa shape index (κ2) is 7.33. The van der Waals surface area contributed by atoms with Crippen molar-refractivity contribution in [1.82, 2.24) is 14.4 Å². The molecular weight excluding hydrogens is 390 g/mol. The van der Waals surface area contributed by atoms with Gasteiger partial charge < -0.3 is 9.47 Å². The van der Waals surface area contributed by atoms with E-state index in [9.17, 15) is 4.79 Å². The largest absolute Gasteiger partial charge is 0.311 e. The van der Waals surface area contributed by atoms with Gasteiger partial charge in [-0.15, -0.1) is 11.3 Å². The third-order valence-electron chi connectivity index (χ3n) is 7.53. The fraction of sp³-hybridized carbons (Fsp3) is 0.480. The van der Waals surface area contributed by atoms with E-state index in [-0.39, 0.29) is 5.56 Å². The van der Waals surface area contributed by atoms with E-state index in [0.29, 0.717) is 11.8 Å². The summed E-state index contributed by atoms with van der Waals surface area (Å²) in [7, 11) is 2.23. The number of aromatic nitrogens is 1. The number of pyridine rings is 1. The number of benzene rings is 1. The predicted molar refractivity (Wildman–Crippen MR) is 124 cm³/mol. The zero-order chi connectivity index (χ0) is 20.2. The first kappa shape index (κ1) is 18.8. The van der Waals surface area contributed by atoms with Gasteiger partial charge in [0, 0.05) is 46.9 Å². The van der Waals surface area contributed by atoms with E-state index in [1.807, 2.05) is 0 Å². The fourth-order valence-electron chi connectivity index (χ4n) is 5.94. The molecule has 6 rings (SSSR count). The lowest BCUT2D eigenvalue weighted by molar-refractivity contribution is 0.0517. The molecule has 4 nitrogen and oxygen atoms in total. The first-order valence-corrected chi connectivity index (χ1v) is 12.1. The Bertz CT molecular complexity index is 1110. The monoisotopic (exact) mass is 419 g/mol. The average molecular weight is 420 g/mol. The van der Waals surface area contributed by atoms with Crippen molar-refractivity contribution in [3.8, 4) is 10.4 Å². The topological polar surface area (TPSA) is 28.5 Å². The molecule has 2 bridgehead atoms. The minimum absolute atomic E-state index is 0.210. The molecule has 5 heterocycles. The molecule has 0 N–H and O–H groups in total. The molecule has 5 heteroatoms. The molecule has 3 aliphatic heterocycles. The first-order valence-electron chi connectivity index (χ1n) is 11.3. The molecule has 2 fully saturated rings. The minimum atomic E-state index is 0.210. The second-order valence-corrected chi connectivity index (χ2v) is 10.6. The molecular formula is C25H29N3OS. The summed E-state index contributed by atoms with van der Waals surface area (Å²) in [5.74, 6) is 1.10. The summed E-state index contributed by atoms with van der Waals surface area (Å²) in [6.07, 6.45) is 3.81. The fourth-order valence-corrected chi connectivity index (χ4v) is 7.02. The van der Waals surface area contributed by atoms with Crippen molar-refractivity contribution < 1.29 is 0 Å². The summed E-state index contributed by atoms with van der Waals surface area (Å²) in [6, 6.07) is 15.6. The van der Waals surface area contributed by atoms with Gasteiger partial charge in [-0.25, -0.2) is 0 Å². The highest BCUT2D eigenvalue weighted by molar-refractivity contribution is 7.22. The number of fused-ring (bicyclic) bond motifs is 5. The number of nitrogens with zero attached hydrogens (tertiary/aromatic N) is 3. The molecule has 0 spiro atoms. The van der Waals surface area contributed by atoms with E-state index in [2.05, 4.69) is 63.9 Å². The van der Waals surface area contributed by atoms with Crippen LogP contribution in [0.1, 0.15) is 30.9 Å². The Hall–Kier alpha value is -1.95. The van der Waals surface area contributed by atoms with Crippen LogP contribution in [-0.2, 0) is 6.54 Å². The molecule has 0 radical (unpaired) electrons. The van der Waals surface area contributed by atoms with Gasteiger partial charge in [-0.3, -0.25) is 9.69 Å². The molecule has 2 atom stereocenters. The van der Waals surface area contributed by atoms with Crippen molar-refractivity contribution in [2.75, 3.05) is 33.2 Å². The molecule has 0 saturated carbocycles. The molecule has 0 amide bonds. The quantitative estimate of drug-likeness (QED) is 0.622. The lowest BCUT2D eigenvalue weighted by Gasteiger charge is -2.47. The maximum atomic E-state index is 13.5. The van der Waals surface area contributed by atoms with E-state index in [1.165, 1.54) is 48.1 Å². The van der Waals surface area contributed by atoms with Crippen molar-refractivity contribution in [2.45, 2.75) is 37.8 Å². The van der Waals surface area contributed by atoms with E-state index in [4.69, 9.17) is 0 Å². The molecule has 0 unspecified atom stereocenters. The first-order chi connectivity index (χ1) is 14.7. The maximum absolute atomic E-state index is 13.5. The summed E-state index contributed by atoms with van der Waals surface area (Å²) in [6.45, 7) is 5.58. The van der Waals surface area contributed by atoms with Crippen LogP contribution in [0.4, 0.5) is 0 Å². The van der Waals surface area contributed by atoms with E-state index < -0.39 is 0 Å². The molecule has 3 aromatic rings. The summed E-state index contributed by atoms with van der Waals surface area (Å²) in [4.78, 5) is 19.8. The van der Waals surface area contributed by atoms with E-state index >= 15 is 0 Å². The molecule has 30 heavy (non-hydrogen) atoms. The van der Waals surface area contributed by atoms with Gasteiger partial charge in [0.2, 0.25) is 0 Å². The van der Waals surface area contributed by atoms with Crippen LogP contribution in [0.3, 0.4) is 0 Å². The van der Waals surface area contributed by atoms with Gasteiger partial charge >= 0.3 is 0 Å². The molecule has 156 valence electrons. The van der Waals surface area contributed by atoms with Crippen LogP contribution < -0.4 is 5.56 Å². The number of thiophene rings is 1. The van der Waals surface area contributed by atoms with Gasteiger partial charge in [-0.1, -0.05) is 18.2 Å². The number of hydrogen-bond donors (Lipinski definition) is 0. The molecule has 0 aliphatic carbocycles. The number of piperidine rings is 2. The number of likely N-dealkylation sites (tertiary alicyclic amines) is 2. The third kappa shape index (κ3) is 3.15. The van der Waals surface area contributed by atoms with Crippen LogP contribution in [0, 0.1) is 5.92 Å². The number of hydrogen-bond acceptors (Lipinski definition) is 4. The van der Waals surface area contributed by atoms with Crippen molar-refractivity contribution in [1.29, 1.82) is 0 Å². The van der Waals surface area contributed by atoms with Gasteiger partial charge in [0.1, 0.15) is 0 Å². The maximum Gasteiger partial charge on any atom is 0.259 e. The Morgan fingerprint density at radius 3 is 2.67 bits per heavy atom. The zero-order valence-electron chi connectivity index (χ0n) is 17.6. The summed E-state index contributed by atoms with van der Waals surface area (Å²) in [5.41, 5.74) is 2.34. The summed E-state index contributed by atoms with van der Waals surface area (Å²) in [5, 5.41) is 1.23. The van der Waals surface area contributed by atoms with Gasteiger partial charge in [-0.05, 0) is 75.0 Å². The Morgan fingerprint density at radius 2 is 1.83 bits per heavy atom. The SMILES string of the molecule is CN1CCC(N2C[C@H]3C[C@H](C2)c2ccc(-c4cc5ccccc5s4)c(=O)n2C3)CC1. The van der Waals surface area contributed by atoms with E-state index in [1.54, 1.807) is 11.3 Å². The van der Waals surface area contributed by atoms with Crippen molar-refractivity contribution >= 4 is 21.4 Å². The Labute approximate surface area is 181 Å².